The summed E-state index contributed by atoms with van der Waals surface area (Å²) >= 11 is 7.25. The van der Waals surface area contributed by atoms with Crippen molar-refractivity contribution < 1.29 is 12.8 Å². The number of anilines is 1. The van der Waals surface area contributed by atoms with Gasteiger partial charge in [0.05, 0.1) is 4.90 Å². The summed E-state index contributed by atoms with van der Waals surface area (Å²) in [6, 6.07) is 12.5. The molecule has 0 N–H and O–H groups in total. The Kier molecular flexibility index (Phi) is 6.33. The lowest BCUT2D eigenvalue weighted by molar-refractivity contribution is 0.433. The van der Waals surface area contributed by atoms with Crippen molar-refractivity contribution in [2.75, 3.05) is 31.1 Å². The predicted octanol–water partition coefficient (Wildman–Crippen LogP) is 3.82. The largest absolute Gasteiger partial charge is 0.345 e. The fourth-order valence-corrected chi connectivity index (χ4v) is 5.64. The molecule has 0 bridgehead atoms. The average Bonchev–Trinajstić information content (AvgIpc) is 3.04. The predicted molar refractivity (Wildman–Crippen MR) is 116 cm³/mol. The third-order valence-electron chi connectivity index (χ3n) is 4.91. The SMILES string of the molecule is O=S(=O)(c1ccc(F)cc1)N1CCCN(c2nc(Cc3ccc(Cl)cc3)ns2)CC1. The van der Waals surface area contributed by atoms with E-state index in [0.717, 1.165) is 16.5 Å². The molecule has 30 heavy (non-hydrogen) atoms. The van der Waals surface area contributed by atoms with Crippen LogP contribution in [0.4, 0.5) is 9.52 Å². The van der Waals surface area contributed by atoms with Gasteiger partial charge in [0, 0.05) is 49.2 Å². The molecule has 1 saturated heterocycles. The summed E-state index contributed by atoms with van der Waals surface area (Å²) in [6.07, 6.45) is 1.29. The quantitative estimate of drug-likeness (QED) is 0.571. The van der Waals surface area contributed by atoms with E-state index in [9.17, 15) is 12.8 Å². The number of benzene rings is 2. The molecule has 1 fully saturated rings. The first-order valence-electron chi connectivity index (χ1n) is 9.49. The summed E-state index contributed by atoms with van der Waals surface area (Å²) in [5.41, 5.74) is 1.08. The molecule has 1 aromatic heterocycles. The Morgan fingerprint density at radius 2 is 1.73 bits per heavy atom. The van der Waals surface area contributed by atoms with Crippen LogP contribution >= 0.6 is 23.1 Å². The lowest BCUT2D eigenvalue weighted by Crippen LogP contribution is -2.35. The zero-order chi connectivity index (χ0) is 21.1. The molecule has 0 atom stereocenters. The smallest absolute Gasteiger partial charge is 0.243 e. The first-order chi connectivity index (χ1) is 14.4. The maximum absolute atomic E-state index is 13.1. The molecule has 4 rings (SSSR count). The Hall–Kier alpha value is -2.07. The fourth-order valence-electron chi connectivity index (χ4n) is 3.31. The molecule has 158 valence electrons. The number of rotatable bonds is 5. The summed E-state index contributed by atoms with van der Waals surface area (Å²) in [5, 5.41) is 1.48. The highest BCUT2D eigenvalue weighted by molar-refractivity contribution is 7.89. The minimum absolute atomic E-state index is 0.110. The van der Waals surface area contributed by atoms with E-state index >= 15 is 0 Å². The number of aromatic nitrogens is 2. The van der Waals surface area contributed by atoms with Gasteiger partial charge in [0.25, 0.3) is 0 Å². The second-order valence-corrected chi connectivity index (χ2v) is 10.1. The third kappa shape index (κ3) is 4.80. The number of halogens is 2. The summed E-state index contributed by atoms with van der Waals surface area (Å²) in [6.45, 7) is 1.97. The number of hydrogen-bond donors (Lipinski definition) is 0. The number of sulfonamides is 1. The van der Waals surface area contributed by atoms with Crippen LogP contribution in [0.3, 0.4) is 0 Å². The number of nitrogens with zero attached hydrogens (tertiary/aromatic N) is 4. The first-order valence-corrected chi connectivity index (χ1v) is 12.1. The van der Waals surface area contributed by atoms with E-state index in [4.69, 9.17) is 11.6 Å². The summed E-state index contributed by atoms with van der Waals surface area (Å²) in [7, 11) is -3.65. The molecule has 10 heteroatoms. The Balaban J connectivity index is 1.42. The van der Waals surface area contributed by atoms with Crippen LogP contribution in [-0.2, 0) is 16.4 Å². The van der Waals surface area contributed by atoms with Crippen molar-refractivity contribution in [1.82, 2.24) is 13.7 Å². The zero-order valence-corrected chi connectivity index (χ0v) is 18.4. The van der Waals surface area contributed by atoms with Crippen LogP contribution in [0.25, 0.3) is 0 Å². The minimum Gasteiger partial charge on any atom is -0.345 e. The van der Waals surface area contributed by atoms with Gasteiger partial charge in [-0.05, 0) is 48.4 Å². The lowest BCUT2D eigenvalue weighted by Gasteiger charge is -2.21. The van der Waals surface area contributed by atoms with E-state index in [0.29, 0.717) is 44.0 Å². The highest BCUT2D eigenvalue weighted by Gasteiger charge is 2.27. The average molecular weight is 467 g/mol. The molecule has 6 nitrogen and oxygen atoms in total. The first kappa shape index (κ1) is 21.2. The van der Waals surface area contributed by atoms with Gasteiger partial charge in [-0.15, -0.1) is 0 Å². The molecular weight excluding hydrogens is 447 g/mol. The van der Waals surface area contributed by atoms with Crippen LogP contribution in [0.15, 0.2) is 53.4 Å². The van der Waals surface area contributed by atoms with Gasteiger partial charge < -0.3 is 4.90 Å². The standard InChI is InChI=1S/C20H20ClFN4O2S2/c21-16-4-2-15(3-5-16)14-19-23-20(29-24-19)25-10-1-11-26(13-12-25)30(27,28)18-8-6-17(22)7-9-18/h2-9H,1,10-14H2. The lowest BCUT2D eigenvalue weighted by atomic mass is 10.1. The summed E-state index contributed by atoms with van der Waals surface area (Å²) in [4.78, 5) is 6.82. The van der Waals surface area contributed by atoms with Gasteiger partial charge in [-0.25, -0.2) is 17.8 Å². The Morgan fingerprint density at radius 3 is 2.47 bits per heavy atom. The molecule has 3 aromatic rings. The van der Waals surface area contributed by atoms with E-state index < -0.39 is 15.8 Å². The van der Waals surface area contributed by atoms with Gasteiger partial charge in [-0.3, -0.25) is 0 Å². The second-order valence-electron chi connectivity index (χ2n) is 7.00. The van der Waals surface area contributed by atoms with Crippen LogP contribution in [0.1, 0.15) is 17.8 Å². The van der Waals surface area contributed by atoms with Crippen molar-refractivity contribution >= 4 is 38.3 Å². The normalized spacial score (nSPS) is 15.9. The molecule has 0 spiro atoms. The van der Waals surface area contributed by atoms with Crippen LogP contribution in [-0.4, -0.2) is 48.3 Å². The van der Waals surface area contributed by atoms with E-state index in [2.05, 4.69) is 14.3 Å². The van der Waals surface area contributed by atoms with E-state index in [1.165, 1.54) is 40.1 Å². The van der Waals surface area contributed by atoms with Gasteiger partial charge in [-0.2, -0.15) is 8.68 Å². The molecule has 2 heterocycles. The Labute approximate surface area is 184 Å². The van der Waals surface area contributed by atoms with E-state index in [1.54, 1.807) is 0 Å². The Morgan fingerprint density at radius 1 is 1.00 bits per heavy atom. The van der Waals surface area contributed by atoms with Crippen molar-refractivity contribution in [2.24, 2.45) is 0 Å². The van der Waals surface area contributed by atoms with E-state index in [1.807, 2.05) is 24.3 Å². The minimum atomic E-state index is -3.65. The highest BCUT2D eigenvalue weighted by atomic mass is 35.5. The molecule has 1 aliphatic rings. The van der Waals surface area contributed by atoms with Crippen molar-refractivity contribution in [3.05, 3.63) is 70.8 Å². The monoisotopic (exact) mass is 466 g/mol. The molecule has 0 aliphatic carbocycles. The van der Waals surface area contributed by atoms with Crippen molar-refractivity contribution in [2.45, 2.75) is 17.7 Å². The van der Waals surface area contributed by atoms with Gasteiger partial charge >= 0.3 is 0 Å². The van der Waals surface area contributed by atoms with E-state index in [-0.39, 0.29) is 4.90 Å². The van der Waals surface area contributed by atoms with Crippen LogP contribution < -0.4 is 4.90 Å². The third-order valence-corrected chi connectivity index (χ3v) is 7.89. The van der Waals surface area contributed by atoms with Gasteiger partial charge in [0.2, 0.25) is 15.2 Å². The summed E-state index contributed by atoms with van der Waals surface area (Å²) in [5.74, 6) is 0.277. The maximum atomic E-state index is 13.1. The zero-order valence-electron chi connectivity index (χ0n) is 16.0. The topological polar surface area (TPSA) is 66.4 Å². The molecule has 1 aliphatic heterocycles. The van der Waals surface area contributed by atoms with Gasteiger partial charge in [-0.1, -0.05) is 23.7 Å². The molecule has 0 unspecified atom stereocenters. The molecule has 2 aromatic carbocycles. The highest BCUT2D eigenvalue weighted by Crippen LogP contribution is 2.23. The maximum Gasteiger partial charge on any atom is 0.243 e. The molecule has 0 radical (unpaired) electrons. The van der Waals surface area contributed by atoms with Crippen molar-refractivity contribution in [3.8, 4) is 0 Å². The van der Waals surface area contributed by atoms with Crippen molar-refractivity contribution in [1.29, 1.82) is 0 Å². The second kappa shape index (κ2) is 8.97. The molecular formula is C20H20ClFN4O2S2. The van der Waals surface area contributed by atoms with Crippen molar-refractivity contribution in [3.63, 3.8) is 0 Å². The van der Waals surface area contributed by atoms with Crippen LogP contribution in [0, 0.1) is 5.82 Å². The molecule has 0 amide bonds. The van der Waals surface area contributed by atoms with Gasteiger partial charge in [0.15, 0.2) is 0 Å². The fraction of sp³-hybridized carbons (Fsp3) is 0.300. The Bertz CT molecular complexity index is 1100. The van der Waals surface area contributed by atoms with Crippen LogP contribution in [0.2, 0.25) is 5.02 Å². The summed E-state index contributed by atoms with van der Waals surface area (Å²) < 4.78 is 44.8. The molecule has 0 saturated carbocycles. The van der Waals surface area contributed by atoms with Crippen LogP contribution in [0.5, 0.6) is 0 Å². The number of hydrogen-bond acceptors (Lipinski definition) is 6. The van der Waals surface area contributed by atoms with Gasteiger partial charge in [0.1, 0.15) is 11.6 Å².